The van der Waals surface area contributed by atoms with E-state index in [9.17, 15) is 14.4 Å². The average molecular weight is 232 g/mol. The molecule has 1 heterocycles. The largest absolute Gasteiger partial charge is 0.370 e. The smallest absolute Gasteiger partial charge is 0.296 e. The second-order valence-electron chi connectivity index (χ2n) is 3.98. The number of rotatable bonds is 4. The molecule has 0 aliphatic carbocycles. The third kappa shape index (κ3) is 2.33. The topological polar surface area (TPSA) is 89.3 Å². The number of ketones is 1. The summed E-state index contributed by atoms with van der Waals surface area (Å²) in [6.45, 7) is 0. The molecule has 2 amide bonds. The summed E-state index contributed by atoms with van der Waals surface area (Å²) in [5, 5.41) is 2.49. The molecule has 0 saturated heterocycles. The molecule has 5 heteroatoms. The molecule has 1 aliphatic rings. The van der Waals surface area contributed by atoms with Gasteiger partial charge in [-0.05, 0) is 30.5 Å². The molecule has 0 bridgehead atoms. The highest BCUT2D eigenvalue weighted by Crippen LogP contribution is 2.24. The van der Waals surface area contributed by atoms with E-state index in [1.165, 1.54) is 0 Å². The van der Waals surface area contributed by atoms with Crippen LogP contribution in [0, 0.1) is 0 Å². The third-order valence-corrected chi connectivity index (χ3v) is 2.67. The number of carbonyl (C=O) groups excluding carboxylic acids is 3. The number of carbonyl (C=O) groups is 3. The van der Waals surface area contributed by atoms with Crippen molar-refractivity contribution in [1.29, 1.82) is 0 Å². The van der Waals surface area contributed by atoms with Crippen LogP contribution >= 0.6 is 0 Å². The van der Waals surface area contributed by atoms with Crippen LogP contribution in [0.2, 0.25) is 0 Å². The Bertz CT molecular complexity index is 508. The number of amides is 2. The van der Waals surface area contributed by atoms with E-state index in [2.05, 4.69) is 5.32 Å². The Morgan fingerprint density at radius 1 is 1.29 bits per heavy atom. The van der Waals surface area contributed by atoms with E-state index < -0.39 is 11.7 Å². The molecule has 1 aromatic carbocycles. The summed E-state index contributed by atoms with van der Waals surface area (Å²) in [5.41, 5.74) is 6.93. The van der Waals surface area contributed by atoms with Gasteiger partial charge in [-0.15, -0.1) is 0 Å². The molecule has 1 aliphatic heterocycles. The second-order valence-corrected chi connectivity index (χ2v) is 3.98. The zero-order valence-corrected chi connectivity index (χ0v) is 9.16. The van der Waals surface area contributed by atoms with Gasteiger partial charge in [0, 0.05) is 6.42 Å². The Morgan fingerprint density at radius 3 is 2.76 bits per heavy atom. The molecule has 1 aromatic rings. The lowest BCUT2D eigenvalue weighted by Gasteiger charge is -2.02. The Labute approximate surface area is 98.0 Å². The molecule has 0 aromatic heterocycles. The highest BCUT2D eigenvalue weighted by atomic mass is 16.2. The second kappa shape index (κ2) is 4.37. The molecule has 0 fully saturated rings. The van der Waals surface area contributed by atoms with E-state index in [0.717, 1.165) is 5.56 Å². The lowest BCUT2D eigenvalue weighted by Crippen LogP contribution is -2.12. The van der Waals surface area contributed by atoms with Gasteiger partial charge in [0.05, 0.1) is 11.3 Å². The minimum absolute atomic E-state index is 0.322. The Balaban J connectivity index is 2.10. The number of Topliss-reactive ketones (excluding diaryl/α,β-unsaturated/α-hetero) is 1. The number of benzene rings is 1. The van der Waals surface area contributed by atoms with Crippen LogP contribution in [0.25, 0.3) is 0 Å². The Morgan fingerprint density at radius 2 is 2.06 bits per heavy atom. The first kappa shape index (κ1) is 11.3. The zero-order valence-electron chi connectivity index (χ0n) is 9.16. The summed E-state index contributed by atoms with van der Waals surface area (Å²) in [5.74, 6) is -1.43. The molecule has 0 unspecified atom stereocenters. The summed E-state index contributed by atoms with van der Waals surface area (Å²) in [4.78, 5) is 33.2. The minimum atomic E-state index is -0.589. The van der Waals surface area contributed by atoms with Crippen LogP contribution in [0.4, 0.5) is 5.69 Å². The molecule has 0 atom stereocenters. The van der Waals surface area contributed by atoms with Crippen LogP contribution in [0.15, 0.2) is 18.2 Å². The van der Waals surface area contributed by atoms with Crippen molar-refractivity contribution in [2.45, 2.75) is 19.3 Å². The van der Waals surface area contributed by atoms with Crippen LogP contribution < -0.4 is 11.1 Å². The maximum absolute atomic E-state index is 11.4. The number of anilines is 1. The summed E-state index contributed by atoms with van der Waals surface area (Å²) in [6, 6.07) is 5.23. The van der Waals surface area contributed by atoms with Crippen LogP contribution in [-0.4, -0.2) is 17.6 Å². The van der Waals surface area contributed by atoms with Crippen LogP contribution in [0.1, 0.15) is 28.8 Å². The van der Waals surface area contributed by atoms with Gasteiger partial charge in [0.25, 0.3) is 11.7 Å². The van der Waals surface area contributed by atoms with Crippen molar-refractivity contribution in [3.63, 3.8) is 0 Å². The van der Waals surface area contributed by atoms with Crippen molar-refractivity contribution in [1.82, 2.24) is 0 Å². The highest BCUT2D eigenvalue weighted by molar-refractivity contribution is 6.51. The van der Waals surface area contributed by atoms with E-state index in [1.54, 1.807) is 12.1 Å². The van der Waals surface area contributed by atoms with E-state index in [4.69, 9.17) is 5.73 Å². The normalized spacial score (nSPS) is 13.4. The first-order chi connectivity index (χ1) is 8.08. The average Bonchev–Trinajstić information content (AvgIpc) is 2.55. The highest BCUT2D eigenvalue weighted by Gasteiger charge is 2.27. The van der Waals surface area contributed by atoms with Crippen molar-refractivity contribution in [2.75, 3.05) is 5.32 Å². The molecule has 0 saturated carbocycles. The SMILES string of the molecule is NC(=O)CCCc1ccc2c(c1)C(=O)C(=O)N2. The summed E-state index contributed by atoms with van der Waals surface area (Å²) >= 11 is 0. The van der Waals surface area contributed by atoms with Gasteiger partial charge in [-0.2, -0.15) is 0 Å². The number of nitrogens with one attached hydrogen (secondary N) is 1. The first-order valence-electron chi connectivity index (χ1n) is 5.35. The molecule has 0 spiro atoms. The van der Waals surface area contributed by atoms with Crippen molar-refractivity contribution in [3.05, 3.63) is 29.3 Å². The fraction of sp³-hybridized carbons (Fsp3) is 0.250. The molecule has 0 radical (unpaired) electrons. The fourth-order valence-electron chi connectivity index (χ4n) is 1.81. The predicted molar refractivity (Wildman–Crippen MR) is 61.5 cm³/mol. The number of hydrogen-bond donors (Lipinski definition) is 2. The van der Waals surface area contributed by atoms with Gasteiger partial charge in [-0.25, -0.2) is 0 Å². The molecule has 3 N–H and O–H groups in total. The number of fused-ring (bicyclic) bond motifs is 1. The van der Waals surface area contributed by atoms with E-state index in [0.29, 0.717) is 30.5 Å². The fourth-order valence-corrected chi connectivity index (χ4v) is 1.81. The van der Waals surface area contributed by atoms with Crippen LogP contribution in [-0.2, 0) is 16.0 Å². The van der Waals surface area contributed by atoms with Gasteiger partial charge in [0.15, 0.2) is 0 Å². The van der Waals surface area contributed by atoms with Crippen LogP contribution in [0.5, 0.6) is 0 Å². The predicted octanol–water partition coefficient (Wildman–Crippen LogP) is 0.629. The number of nitrogens with two attached hydrogens (primary N) is 1. The standard InChI is InChI=1S/C12H12N2O3/c13-10(15)3-1-2-7-4-5-9-8(6-7)11(16)12(17)14-9/h4-6H,1-3H2,(H2,13,15)(H,14,16,17). The Hall–Kier alpha value is -2.17. The molecule has 17 heavy (non-hydrogen) atoms. The van der Waals surface area contributed by atoms with E-state index in [-0.39, 0.29) is 5.91 Å². The van der Waals surface area contributed by atoms with Gasteiger partial charge < -0.3 is 11.1 Å². The van der Waals surface area contributed by atoms with Gasteiger partial charge >= 0.3 is 0 Å². The lowest BCUT2D eigenvalue weighted by atomic mass is 10.0. The number of hydrogen-bond acceptors (Lipinski definition) is 3. The summed E-state index contributed by atoms with van der Waals surface area (Å²) in [6.07, 6.45) is 1.63. The van der Waals surface area contributed by atoms with Gasteiger partial charge in [0.1, 0.15) is 0 Å². The molecular formula is C12H12N2O3. The lowest BCUT2D eigenvalue weighted by molar-refractivity contribution is -0.118. The monoisotopic (exact) mass is 232 g/mol. The maximum Gasteiger partial charge on any atom is 0.296 e. The summed E-state index contributed by atoms with van der Waals surface area (Å²) < 4.78 is 0. The van der Waals surface area contributed by atoms with Crippen LogP contribution in [0.3, 0.4) is 0 Å². The van der Waals surface area contributed by atoms with Gasteiger partial charge in [-0.1, -0.05) is 6.07 Å². The maximum atomic E-state index is 11.4. The Kier molecular flexibility index (Phi) is 2.91. The van der Waals surface area contributed by atoms with E-state index in [1.807, 2.05) is 6.07 Å². The van der Waals surface area contributed by atoms with Crippen molar-refractivity contribution in [2.24, 2.45) is 5.73 Å². The first-order valence-corrected chi connectivity index (χ1v) is 5.35. The molecular weight excluding hydrogens is 220 g/mol. The van der Waals surface area contributed by atoms with E-state index >= 15 is 0 Å². The van der Waals surface area contributed by atoms with Crippen molar-refractivity contribution in [3.8, 4) is 0 Å². The van der Waals surface area contributed by atoms with Crippen molar-refractivity contribution < 1.29 is 14.4 Å². The van der Waals surface area contributed by atoms with Crippen molar-refractivity contribution >= 4 is 23.3 Å². The number of primary amides is 1. The molecule has 88 valence electrons. The quantitative estimate of drug-likeness (QED) is 0.746. The summed E-state index contributed by atoms with van der Waals surface area (Å²) in [7, 11) is 0. The zero-order chi connectivity index (χ0) is 12.4. The van der Waals surface area contributed by atoms with Gasteiger partial charge in [-0.3, -0.25) is 14.4 Å². The number of aryl methyl sites for hydroxylation is 1. The van der Waals surface area contributed by atoms with Gasteiger partial charge in [0.2, 0.25) is 5.91 Å². The molecule has 5 nitrogen and oxygen atoms in total. The minimum Gasteiger partial charge on any atom is -0.370 e. The third-order valence-electron chi connectivity index (χ3n) is 2.67. The molecule has 2 rings (SSSR count).